The van der Waals surface area contributed by atoms with E-state index in [-0.39, 0.29) is 5.91 Å². The lowest BCUT2D eigenvalue weighted by Crippen LogP contribution is -2.27. The van der Waals surface area contributed by atoms with Crippen LogP contribution in [0.4, 0.5) is 0 Å². The van der Waals surface area contributed by atoms with Gasteiger partial charge in [-0.2, -0.15) is 0 Å². The van der Waals surface area contributed by atoms with Crippen molar-refractivity contribution in [2.24, 2.45) is 0 Å². The number of aromatic nitrogens is 3. The maximum absolute atomic E-state index is 12.8. The van der Waals surface area contributed by atoms with Crippen molar-refractivity contribution < 1.29 is 9.32 Å². The van der Waals surface area contributed by atoms with Gasteiger partial charge in [0, 0.05) is 44.0 Å². The molecule has 0 bridgehead atoms. The number of hydrogen-bond donors (Lipinski definition) is 0. The molecule has 0 fully saturated rings. The number of nitrogens with zero attached hydrogens (tertiary/aromatic N) is 4. The van der Waals surface area contributed by atoms with Crippen LogP contribution in [0.5, 0.6) is 0 Å². The Balaban J connectivity index is 1.71. The molecule has 0 radical (unpaired) electrons. The van der Waals surface area contributed by atoms with E-state index in [4.69, 9.17) is 4.52 Å². The van der Waals surface area contributed by atoms with Gasteiger partial charge in [0.05, 0.1) is 11.3 Å². The number of amides is 1. The number of aryl methyl sites for hydroxylation is 1. The van der Waals surface area contributed by atoms with E-state index in [1.165, 1.54) is 11.8 Å². The minimum atomic E-state index is -0.0733. The summed E-state index contributed by atoms with van der Waals surface area (Å²) in [5.74, 6) is 1.29. The molecular weight excluding hydrogens is 336 g/mol. The van der Waals surface area contributed by atoms with E-state index in [1.807, 2.05) is 25.1 Å². The van der Waals surface area contributed by atoms with Crippen LogP contribution in [0.1, 0.15) is 27.4 Å². The maximum atomic E-state index is 12.8. The third-order valence-electron chi connectivity index (χ3n) is 3.52. The molecule has 3 aromatic heterocycles. The van der Waals surface area contributed by atoms with Crippen molar-refractivity contribution in [1.29, 1.82) is 0 Å². The number of rotatable bonds is 6. The molecule has 3 heterocycles. The van der Waals surface area contributed by atoms with Crippen LogP contribution in [0, 0.1) is 6.92 Å². The standard InChI is InChI=1S/C18H18N4O2S/c1-13-9-15(21-24-13)12-25-17-16(6-4-8-20-17)18(23)22(2)11-14-5-3-7-19-10-14/h3-10H,11-12H2,1-2H3. The SMILES string of the molecule is Cc1cc(CSc2ncccc2C(=O)N(C)Cc2cccnc2)no1. The fraction of sp³-hybridized carbons (Fsp3) is 0.222. The lowest BCUT2D eigenvalue weighted by atomic mass is 10.2. The van der Waals surface area contributed by atoms with Crippen molar-refractivity contribution >= 4 is 17.7 Å². The van der Waals surface area contributed by atoms with E-state index in [1.54, 1.807) is 42.7 Å². The molecule has 0 saturated heterocycles. The van der Waals surface area contributed by atoms with Crippen LogP contribution < -0.4 is 0 Å². The Hall–Kier alpha value is -2.67. The van der Waals surface area contributed by atoms with Crippen LogP contribution in [0.25, 0.3) is 0 Å². The molecule has 128 valence electrons. The predicted molar refractivity (Wildman–Crippen MR) is 95.1 cm³/mol. The summed E-state index contributed by atoms with van der Waals surface area (Å²) in [6.45, 7) is 2.35. The lowest BCUT2D eigenvalue weighted by molar-refractivity contribution is 0.0780. The first-order valence-electron chi connectivity index (χ1n) is 7.78. The second-order valence-corrected chi connectivity index (χ2v) is 6.56. The van der Waals surface area contributed by atoms with Crippen LogP contribution in [0.15, 0.2) is 58.5 Å². The van der Waals surface area contributed by atoms with Gasteiger partial charge in [0.2, 0.25) is 0 Å². The topological polar surface area (TPSA) is 72.1 Å². The van der Waals surface area contributed by atoms with Crippen LogP contribution in [-0.2, 0) is 12.3 Å². The Bertz CT molecular complexity index is 851. The highest BCUT2D eigenvalue weighted by Gasteiger charge is 2.17. The summed E-state index contributed by atoms with van der Waals surface area (Å²) in [5.41, 5.74) is 2.39. The Kier molecular flexibility index (Phi) is 5.45. The molecule has 7 heteroatoms. The minimum absolute atomic E-state index is 0.0733. The van der Waals surface area contributed by atoms with Gasteiger partial charge in [0.15, 0.2) is 0 Å². The van der Waals surface area contributed by atoms with Crippen molar-refractivity contribution in [2.45, 2.75) is 24.2 Å². The molecule has 0 spiro atoms. The number of hydrogen-bond acceptors (Lipinski definition) is 6. The molecule has 0 aliphatic heterocycles. The molecule has 0 unspecified atom stereocenters. The number of carbonyl (C=O) groups excluding carboxylic acids is 1. The summed E-state index contributed by atoms with van der Waals surface area (Å²) in [6, 6.07) is 9.26. The smallest absolute Gasteiger partial charge is 0.256 e. The molecule has 1 amide bonds. The molecule has 0 aliphatic rings. The largest absolute Gasteiger partial charge is 0.361 e. The molecule has 0 saturated carbocycles. The second-order valence-electron chi connectivity index (χ2n) is 5.60. The summed E-state index contributed by atoms with van der Waals surface area (Å²) in [4.78, 5) is 22.9. The van der Waals surface area contributed by atoms with Gasteiger partial charge in [-0.1, -0.05) is 23.0 Å². The molecule has 0 aromatic carbocycles. The van der Waals surface area contributed by atoms with Gasteiger partial charge in [0.25, 0.3) is 5.91 Å². The van der Waals surface area contributed by atoms with Crippen LogP contribution in [0.2, 0.25) is 0 Å². The monoisotopic (exact) mass is 354 g/mol. The molecule has 6 nitrogen and oxygen atoms in total. The van der Waals surface area contributed by atoms with Gasteiger partial charge >= 0.3 is 0 Å². The van der Waals surface area contributed by atoms with Gasteiger partial charge < -0.3 is 9.42 Å². The van der Waals surface area contributed by atoms with Crippen LogP contribution >= 0.6 is 11.8 Å². The zero-order valence-electron chi connectivity index (χ0n) is 14.0. The highest BCUT2D eigenvalue weighted by molar-refractivity contribution is 7.98. The first-order valence-corrected chi connectivity index (χ1v) is 8.76. The Labute approximate surface area is 150 Å². The average Bonchev–Trinajstić information content (AvgIpc) is 3.06. The maximum Gasteiger partial charge on any atom is 0.256 e. The van der Waals surface area contributed by atoms with E-state index in [0.717, 1.165) is 17.0 Å². The highest BCUT2D eigenvalue weighted by atomic mass is 32.2. The molecule has 25 heavy (non-hydrogen) atoms. The third kappa shape index (κ3) is 4.45. The zero-order chi connectivity index (χ0) is 17.6. The van der Waals surface area contributed by atoms with Crippen LogP contribution in [0.3, 0.4) is 0 Å². The van der Waals surface area contributed by atoms with Crippen LogP contribution in [-0.4, -0.2) is 33.0 Å². The van der Waals surface area contributed by atoms with Gasteiger partial charge in [-0.05, 0) is 30.7 Å². The quantitative estimate of drug-likeness (QED) is 0.632. The zero-order valence-corrected chi connectivity index (χ0v) is 14.9. The van der Waals surface area contributed by atoms with Gasteiger partial charge in [-0.3, -0.25) is 9.78 Å². The second kappa shape index (κ2) is 7.94. The van der Waals surface area contributed by atoms with E-state index in [0.29, 0.717) is 22.9 Å². The number of pyridine rings is 2. The molecule has 0 aliphatic carbocycles. The molecule has 3 rings (SSSR count). The molecule has 0 N–H and O–H groups in total. The fourth-order valence-corrected chi connectivity index (χ4v) is 3.21. The van der Waals surface area contributed by atoms with Gasteiger partial charge in [0.1, 0.15) is 10.8 Å². The normalized spacial score (nSPS) is 10.6. The molecule has 0 atom stereocenters. The van der Waals surface area contributed by atoms with Gasteiger partial charge in [-0.15, -0.1) is 0 Å². The number of thioether (sulfide) groups is 1. The summed E-state index contributed by atoms with van der Waals surface area (Å²) in [6.07, 6.45) is 5.16. The fourth-order valence-electron chi connectivity index (χ4n) is 2.34. The summed E-state index contributed by atoms with van der Waals surface area (Å²) in [7, 11) is 1.78. The number of carbonyl (C=O) groups is 1. The van der Waals surface area contributed by atoms with Crippen molar-refractivity contribution in [2.75, 3.05) is 7.05 Å². The summed E-state index contributed by atoms with van der Waals surface area (Å²) in [5, 5.41) is 4.66. The van der Waals surface area contributed by atoms with Gasteiger partial charge in [-0.25, -0.2) is 4.98 Å². The first-order chi connectivity index (χ1) is 12.1. The van der Waals surface area contributed by atoms with E-state index < -0.39 is 0 Å². The summed E-state index contributed by atoms with van der Waals surface area (Å²) >= 11 is 1.47. The minimum Gasteiger partial charge on any atom is -0.361 e. The average molecular weight is 354 g/mol. The Morgan fingerprint density at radius 3 is 2.84 bits per heavy atom. The summed E-state index contributed by atoms with van der Waals surface area (Å²) < 4.78 is 5.07. The predicted octanol–water partition coefficient (Wildman–Crippen LogP) is 3.34. The van der Waals surface area contributed by atoms with E-state index in [2.05, 4.69) is 15.1 Å². The van der Waals surface area contributed by atoms with E-state index >= 15 is 0 Å². The van der Waals surface area contributed by atoms with Crippen molar-refractivity contribution in [3.05, 3.63) is 71.5 Å². The van der Waals surface area contributed by atoms with E-state index in [9.17, 15) is 4.79 Å². The Morgan fingerprint density at radius 1 is 1.28 bits per heavy atom. The van der Waals surface area contributed by atoms with Crippen molar-refractivity contribution in [3.8, 4) is 0 Å². The van der Waals surface area contributed by atoms with Crippen molar-refractivity contribution in [3.63, 3.8) is 0 Å². The third-order valence-corrected chi connectivity index (χ3v) is 4.56. The highest BCUT2D eigenvalue weighted by Crippen LogP contribution is 2.25. The Morgan fingerprint density at radius 2 is 2.12 bits per heavy atom. The lowest BCUT2D eigenvalue weighted by Gasteiger charge is -2.18. The molecular formula is C18H18N4O2S. The molecule has 3 aromatic rings. The van der Waals surface area contributed by atoms with Crippen molar-refractivity contribution in [1.82, 2.24) is 20.0 Å². The first kappa shape index (κ1) is 17.2.